The van der Waals surface area contributed by atoms with Crippen LogP contribution in [0, 0.1) is 0 Å². The molecular weight excluding hydrogens is 190 g/mol. The summed E-state index contributed by atoms with van der Waals surface area (Å²) in [6.45, 7) is 3.24. The van der Waals surface area contributed by atoms with Crippen LogP contribution in [0.4, 0.5) is 0 Å². The Morgan fingerprint density at radius 3 is 2.87 bits per heavy atom. The predicted octanol–water partition coefficient (Wildman–Crippen LogP) is 1.07. The minimum atomic E-state index is -0.118. The molecular formula is C11H17N3O. The van der Waals surface area contributed by atoms with E-state index in [-0.39, 0.29) is 5.91 Å². The topological polar surface area (TPSA) is 68.0 Å². The average Bonchev–Trinajstić information content (AvgIpc) is 2.29. The summed E-state index contributed by atoms with van der Waals surface area (Å²) in [6.07, 6.45) is 3.70. The second-order valence-corrected chi connectivity index (χ2v) is 3.37. The Balaban J connectivity index is 2.50. The lowest BCUT2D eigenvalue weighted by Gasteiger charge is -2.03. The quantitative estimate of drug-likeness (QED) is 0.710. The molecule has 1 aromatic heterocycles. The van der Waals surface area contributed by atoms with Crippen LogP contribution in [-0.4, -0.2) is 17.4 Å². The van der Waals surface area contributed by atoms with Crippen LogP contribution in [-0.2, 0) is 6.54 Å². The van der Waals surface area contributed by atoms with Gasteiger partial charge in [-0.1, -0.05) is 19.4 Å². The maximum atomic E-state index is 11.5. The number of nitrogens with two attached hydrogens (primary N) is 1. The maximum absolute atomic E-state index is 11.5. The van der Waals surface area contributed by atoms with Gasteiger partial charge in [0.25, 0.3) is 5.91 Å². The van der Waals surface area contributed by atoms with Crippen molar-refractivity contribution in [1.29, 1.82) is 0 Å². The van der Waals surface area contributed by atoms with E-state index in [4.69, 9.17) is 5.73 Å². The molecule has 15 heavy (non-hydrogen) atoms. The van der Waals surface area contributed by atoms with Gasteiger partial charge in [0.15, 0.2) is 0 Å². The van der Waals surface area contributed by atoms with Gasteiger partial charge in [0.2, 0.25) is 0 Å². The molecule has 1 rings (SSSR count). The minimum Gasteiger partial charge on any atom is -0.351 e. The zero-order valence-electron chi connectivity index (χ0n) is 8.99. The Labute approximate surface area is 89.9 Å². The fourth-order valence-electron chi connectivity index (χ4n) is 1.15. The molecule has 0 unspecified atom stereocenters. The van der Waals surface area contributed by atoms with E-state index in [0.29, 0.717) is 18.8 Å². The SMILES string of the molecule is CCCCNC(=O)c1ccc(CN)cn1. The molecule has 0 bridgehead atoms. The lowest BCUT2D eigenvalue weighted by molar-refractivity contribution is 0.0948. The van der Waals surface area contributed by atoms with Crippen LogP contribution in [0.25, 0.3) is 0 Å². The second kappa shape index (κ2) is 6.14. The highest BCUT2D eigenvalue weighted by atomic mass is 16.1. The van der Waals surface area contributed by atoms with E-state index in [2.05, 4.69) is 17.2 Å². The van der Waals surface area contributed by atoms with Crippen LogP contribution in [0.5, 0.6) is 0 Å². The Hall–Kier alpha value is -1.42. The normalized spacial score (nSPS) is 10.0. The molecule has 1 heterocycles. The first-order chi connectivity index (χ1) is 7.27. The van der Waals surface area contributed by atoms with Crippen molar-refractivity contribution in [2.45, 2.75) is 26.3 Å². The third kappa shape index (κ3) is 3.67. The lowest BCUT2D eigenvalue weighted by atomic mass is 10.2. The summed E-state index contributed by atoms with van der Waals surface area (Å²) in [7, 11) is 0. The first kappa shape index (κ1) is 11.7. The van der Waals surface area contributed by atoms with Crippen LogP contribution >= 0.6 is 0 Å². The van der Waals surface area contributed by atoms with Crippen LogP contribution in [0.3, 0.4) is 0 Å². The molecule has 1 aromatic rings. The van der Waals surface area contributed by atoms with Crippen molar-refractivity contribution >= 4 is 5.91 Å². The van der Waals surface area contributed by atoms with Gasteiger partial charge in [0.05, 0.1) is 0 Å². The van der Waals surface area contributed by atoms with Crippen molar-refractivity contribution < 1.29 is 4.79 Å². The van der Waals surface area contributed by atoms with Gasteiger partial charge in [0.1, 0.15) is 5.69 Å². The average molecular weight is 207 g/mol. The first-order valence-electron chi connectivity index (χ1n) is 5.21. The highest BCUT2D eigenvalue weighted by Gasteiger charge is 2.05. The van der Waals surface area contributed by atoms with E-state index in [1.54, 1.807) is 12.3 Å². The van der Waals surface area contributed by atoms with E-state index in [1.165, 1.54) is 0 Å². The molecule has 0 aromatic carbocycles. The predicted molar refractivity (Wildman–Crippen MR) is 59.4 cm³/mol. The summed E-state index contributed by atoms with van der Waals surface area (Å²) in [5.41, 5.74) is 6.81. The number of nitrogens with zero attached hydrogens (tertiary/aromatic N) is 1. The van der Waals surface area contributed by atoms with Gasteiger partial charge in [-0.2, -0.15) is 0 Å². The van der Waals surface area contributed by atoms with Crippen molar-refractivity contribution in [3.05, 3.63) is 29.6 Å². The van der Waals surface area contributed by atoms with Gasteiger partial charge < -0.3 is 11.1 Å². The number of nitrogens with one attached hydrogen (secondary N) is 1. The Bertz CT molecular complexity index is 308. The summed E-state index contributed by atoms with van der Waals surface area (Å²) >= 11 is 0. The molecule has 0 saturated carbocycles. The number of aromatic nitrogens is 1. The molecule has 0 atom stereocenters. The van der Waals surface area contributed by atoms with Crippen LogP contribution in [0.15, 0.2) is 18.3 Å². The van der Waals surface area contributed by atoms with Crippen LogP contribution in [0.1, 0.15) is 35.8 Å². The molecule has 4 heteroatoms. The smallest absolute Gasteiger partial charge is 0.269 e. The Morgan fingerprint density at radius 2 is 2.33 bits per heavy atom. The number of carbonyl (C=O) groups excluding carboxylic acids is 1. The number of unbranched alkanes of at least 4 members (excludes halogenated alkanes) is 1. The lowest BCUT2D eigenvalue weighted by Crippen LogP contribution is -2.25. The van der Waals surface area contributed by atoms with Gasteiger partial charge in [0, 0.05) is 19.3 Å². The molecule has 0 saturated heterocycles. The van der Waals surface area contributed by atoms with E-state index < -0.39 is 0 Å². The van der Waals surface area contributed by atoms with Crippen LogP contribution < -0.4 is 11.1 Å². The number of rotatable bonds is 5. The Kier molecular flexibility index (Phi) is 4.77. The van der Waals surface area contributed by atoms with Gasteiger partial charge in [-0.15, -0.1) is 0 Å². The summed E-state index contributed by atoms with van der Waals surface area (Å²) in [5.74, 6) is -0.118. The molecule has 0 aliphatic rings. The monoisotopic (exact) mass is 207 g/mol. The van der Waals surface area contributed by atoms with E-state index in [1.807, 2.05) is 6.07 Å². The molecule has 3 N–H and O–H groups in total. The summed E-state index contributed by atoms with van der Waals surface area (Å²) < 4.78 is 0. The summed E-state index contributed by atoms with van der Waals surface area (Å²) in [4.78, 5) is 15.6. The molecule has 0 aliphatic carbocycles. The summed E-state index contributed by atoms with van der Waals surface area (Å²) in [6, 6.07) is 3.52. The summed E-state index contributed by atoms with van der Waals surface area (Å²) in [5, 5.41) is 2.80. The molecule has 1 amide bonds. The number of amides is 1. The third-order valence-corrected chi connectivity index (χ3v) is 2.11. The highest BCUT2D eigenvalue weighted by Crippen LogP contribution is 1.99. The van der Waals surface area contributed by atoms with Crippen molar-refractivity contribution in [3.8, 4) is 0 Å². The zero-order chi connectivity index (χ0) is 11.1. The van der Waals surface area contributed by atoms with Gasteiger partial charge in [-0.25, -0.2) is 0 Å². The standard InChI is InChI=1S/C11H17N3O/c1-2-3-6-13-11(15)10-5-4-9(7-12)8-14-10/h4-5,8H,2-3,6-7,12H2,1H3,(H,13,15). The molecule has 0 aliphatic heterocycles. The maximum Gasteiger partial charge on any atom is 0.269 e. The van der Waals surface area contributed by atoms with Crippen molar-refractivity contribution in [3.63, 3.8) is 0 Å². The zero-order valence-corrected chi connectivity index (χ0v) is 8.99. The van der Waals surface area contributed by atoms with Crippen molar-refractivity contribution in [2.75, 3.05) is 6.54 Å². The number of hydrogen-bond donors (Lipinski definition) is 2. The molecule has 4 nitrogen and oxygen atoms in total. The van der Waals surface area contributed by atoms with Gasteiger partial charge >= 0.3 is 0 Å². The number of carbonyl (C=O) groups is 1. The highest BCUT2D eigenvalue weighted by molar-refractivity contribution is 5.92. The van der Waals surface area contributed by atoms with Crippen LogP contribution in [0.2, 0.25) is 0 Å². The van der Waals surface area contributed by atoms with Crippen molar-refractivity contribution in [1.82, 2.24) is 10.3 Å². The van der Waals surface area contributed by atoms with E-state index in [9.17, 15) is 4.79 Å². The molecule has 82 valence electrons. The fourth-order valence-corrected chi connectivity index (χ4v) is 1.15. The Morgan fingerprint density at radius 1 is 1.53 bits per heavy atom. The van der Waals surface area contributed by atoms with Gasteiger partial charge in [-0.05, 0) is 18.1 Å². The van der Waals surface area contributed by atoms with Crippen molar-refractivity contribution in [2.24, 2.45) is 5.73 Å². The largest absolute Gasteiger partial charge is 0.351 e. The number of pyridine rings is 1. The van der Waals surface area contributed by atoms with E-state index >= 15 is 0 Å². The second-order valence-electron chi connectivity index (χ2n) is 3.37. The minimum absolute atomic E-state index is 0.118. The molecule has 0 fully saturated rings. The van der Waals surface area contributed by atoms with Gasteiger partial charge in [-0.3, -0.25) is 9.78 Å². The molecule has 0 radical (unpaired) electrons. The number of hydrogen-bond acceptors (Lipinski definition) is 3. The first-order valence-corrected chi connectivity index (χ1v) is 5.21. The molecule has 0 spiro atoms. The third-order valence-electron chi connectivity index (χ3n) is 2.11. The van der Waals surface area contributed by atoms with E-state index in [0.717, 1.165) is 18.4 Å². The fraction of sp³-hybridized carbons (Fsp3) is 0.455.